The molecule has 6 nitrogen and oxygen atoms in total. The second-order valence-corrected chi connectivity index (χ2v) is 6.82. The molecular weight excluding hydrogens is 363 g/mol. The highest BCUT2D eigenvalue weighted by Gasteiger charge is 2.36. The monoisotopic (exact) mass is 385 g/mol. The molecule has 1 aliphatic heterocycles. The van der Waals surface area contributed by atoms with Crippen molar-refractivity contribution in [3.8, 4) is 0 Å². The molecule has 148 valence electrons. The largest absolute Gasteiger partial charge is 0.469 e. The Balaban J connectivity index is 1.73. The van der Waals surface area contributed by atoms with Crippen LogP contribution in [0.25, 0.3) is 0 Å². The summed E-state index contributed by atoms with van der Waals surface area (Å²) in [5, 5.41) is 7.07. The fraction of sp³-hybridized carbons (Fsp3) is 0.556. The molecular formula is C18H22F3N3O3. The molecule has 0 unspecified atom stereocenters. The van der Waals surface area contributed by atoms with Crippen molar-refractivity contribution in [2.45, 2.75) is 52.0 Å². The van der Waals surface area contributed by atoms with Gasteiger partial charge in [-0.1, -0.05) is 0 Å². The predicted molar refractivity (Wildman–Crippen MR) is 90.4 cm³/mol. The van der Waals surface area contributed by atoms with E-state index in [2.05, 4.69) is 10.4 Å². The molecule has 1 amide bonds. The van der Waals surface area contributed by atoms with Gasteiger partial charge in [-0.15, -0.1) is 0 Å². The number of rotatable bonds is 4. The number of halogens is 3. The molecule has 9 heteroatoms. The molecule has 1 aliphatic rings. The maximum atomic E-state index is 13.0. The number of fused-ring (bicyclic) bond motifs is 1. The van der Waals surface area contributed by atoms with Gasteiger partial charge in [0.05, 0.1) is 23.5 Å². The average Bonchev–Trinajstić information content (AvgIpc) is 3.07. The first-order valence-corrected chi connectivity index (χ1v) is 8.73. The lowest BCUT2D eigenvalue weighted by Crippen LogP contribution is -2.30. The molecule has 0 aromatic carbocycles. The summed E-state index contributed by atoms with van der Waals surface area (Å²) in [5.41, 5.74) is 1.24. The highest BCUT2D eigenvalue weighted by atomic mass is 19.4. The minimum Gasteiger partial charge on any atom is -0.469 e. The number of alkyl halides is 3. The van der Waals surface area contributed by atoms with Crippen LogP contribution < -0.4 is 5.32 Å². The first-order chi connectivity index (χ1) is 12.6. The van der Waals surface area contributed by atoms with Gasteiger partial charge in [-0.2, -0.15) is 18.3 Å². The Labute approximate surface area is 154 Å². The molecule has 27 heavy (non-hydrogen) atoms. The Hall–Kier alpha value is -2.29. The summed E-state index contributed by atoms with van der Waals surface area (Å²) in [6, 6.07) is 0. The number of aryl methyl sites for hydroxylation is 2. The number of ether oxygens (including phenoxy) is 1. The van der Waals surface area contributed by atoms with E-state index in [0.717, 1.165) is 11.3 Å². The third-order valence-electron chi connectivity index (χ3n) is 4.77. The van der Waals surface area contributed by atoms with E-state index in [4.69, 9.17) is 9.15 Å². The molecule has 2 atom stereocenters. The van der Waals surface area contributed by atoms with Gasteiger partial charge >= 0.3 is 6.18 Å². The Kier molecular flexibility index (Phi) is 5.07. The van der Waals surface area contributed by atoms with Crippen LogP contribution in [0.4, 0.5) is 13.2 Å². The second-order valence-electron chi connectivity index (χ2n) is 6.82. The molecule has 0 bridgehead atoms. The van der Waals surface area contributed by atoms with Crippen molar-refractivity contribution >= 4 is 5.91 Å². The lowest BCUT2D eigenvalue weighted by Gasteiger charge is -2.24. The van der Waals surface area contributed by atoms with Crippen LogP contribution in [0.5, 0.6) is 0 Å². The van der Waals surface area contributed by atoms with Gasteiger partial charge in [-0.3, -0.25) is 9.48 Å². The highest BCUT2D eigenvalue weighted by Crippen LogP contribution is 2.35. The van der Waals surface area contributed by atoms with Gasteiger partial charge in [-0.05, 0) is 27.2 Å². The summed E-state index contributed by atoms with van der Waals surface area (Å²) >= 11 is 0. The van der Waals surface area contributed by atoms with Crippen molar-refractivity contribution in [1.29, 1.82) is 0 Å². The van der Waals surface area contributed by atoms with Gasteiger partial charge in [0.2, 0.25) is 0 Å². The van der Waals surface area contributed by atoms with Gasteiger partial charge < -0.3 is 14.5 Å². The van der Waals surface area contributed by atoms with Gasteiger partial charge in [-0.25, -0.2) is 0 Å². The van der Waals surface area contributed by atoms with E-state index >= 15 is 0 Å². The van der Waals surface area contributed by atoms with Crippen molar-refractivity contribution in [2.24, 2.45) is 7.05 Å². The van der Waals surface area contributed by atoms with Crippen LogP contribution in [-0.4, -0.2) is 28.3 Å². The molecule has 2 aromatic heterocycles. The van der Waals surface area contributed by atoms with Crippen molar-refractivity contribution in [3.05, 3.63) is 40.1 Å². The Morgan fingerprint density at radius 3 is 2.78 bits per heavy atom. The maximum Gasteiger partial charge on any atom is 0.419 e. The van der Waals surface area contributed by atoms with E-state index in [9.17, 15) is 18.0 Å². The number of amides is 1. The van der Waals surface area contributed by atoms with E-state index in [1.807, 2.05) is 13.8 Å². The van der Waals surface area contributed by atoms with Crippen LogP contribution in [0.2, 0.25) is 0 Å². The van der Waals surface area contributed by atoms with Gasteiger partial charge in [0.25, 0.3) is 5.91 Å². The number of nitrogens with zero attached hydrogens (tertiary/aromatic N) is 2. The predicted octanol–water partition coefficient (Wildman–Crippen LogP) is 3.34. The maximum absolute atomic E-state index is 13.0. The van der Waals surface area contributed by atoms with E-state index in [1.165, 1.54) is 11.6 Å². The summed E-state index contributed by atoms with van der Waals surface area (Å²) in [5.74, 6) is -0.156. The fourth-order valence-corrected chi connectivity index (χ4v) is 3.56. The van der Waals surface area contributed by atoms with Gasteiger partial charge in [0.1, 0.15) is 17.7 Å². The summed E-state index contributed by atoms with van der Waals surface area (Å²) in [7, 11) is 1.67. The molecule has 3 rings (SSSR count). The lowest BCUT2D eigenvalue weighted by molar-refractivity contribution is -0.138. The number of aromatic nitrogens is 2. The fourth-order valence-electron chi connectivity index (χ4n) is 3.56. The number of furan rings is 1. The van der Waals surface area contributed by atoms with Crippen LogP contribution in [0.3, 0.4) is 0 Å². The van der Waals surface area contributed by atoms with Crippen molar-refractivity contribution < 1.29 is 27.1 Å². The number of nitrogens with one attached hydrogen (secondary N) is 1. The number of hydrogen-bond acceptors (Lipinski definition) is 4. The normalized spacial score (nSPS) is 19.8. The molecule has 1 N–H and O–H groups in total. The number of carbonyl (C=O) groups excluding carboxylic acids is 1. The van der Waals surface area contributed by atoms with E-state index in [0.29, 0.717) is 18.4 Å². The van der Waals surface area contributed by atoms with Crippen LogP contribution in [0, 0.1) is 6.92 Å². The highest BCUT2D eigenvalue weighted by molar-refractivity contribution is 5.94. The molecule has 0 saturated heterocycles. The summed E-state index contributed by atoms with van der Waals surface area (Å²) in [6.45, 7) is 5.34. The first-order valence-electron chi connectivity index (χ1n) is 8.73. The van der Waals surface area contributed by atoms with Gasteiger partial charge in [0.15, 0.2) is 0 Å². The molecule has 0 spiro atoms. The molecule has 0 saturated carbocycles. The van der Waals surface area contributed by atoms with Crippen LogP contribution in [0.1, 0.15) is 58.6 Å². The molecule has 0 fully saturated rings. The van der Waals surface area contributed by atoms with Crippen LogP contribution in [0.15, 0.2) is 10.7 Å². The van der Waals surface area contributed by atoms with E-state index in [-0.39, 0.29) is 42.4 Å². The molecule has 2 aromatic rings. The zero-order valence-electron chi connectivity index (χ0n) is 15.6. The third-order valence-corrected chi connectivity index (χ3v) is 4.77. The second kappa shape index (κ2) is 7.03. The molecule has 0 aliphatic carbocycles. The Morgan fingerprint density at radius 1 is 1.41 bits per heavy atom. The van der Waals surface area contributed by atoms with Crippen molar-refractivity contribution in [3.63, 3.8) is 0 Å². The van der Waals surface area contributed by atoms with Crippen molar-refractivity contribution in [1.82, 2.24) is 15.1 Å². The lowest BCUT2D eigenvalue weighted by atomic mass is 9.99. The number of carbonyl (C=O) groups is 1. The molecule has 3 heterocycles. The number of hydrogen-bond donors (Lipinski definition) is 1. The minimum absolute atomic E-state index is 0.0267. The SMILES string of the molecule is Cc1occ(C(F)(F)F)c1CCNC(=O)c1c2c(nn1C)[C@H](C)O[C@H](C)C2. The van der Waals surface area contributed by atoms with E-state index < -0.39 is 11.7 Å². The Morgan fingerprint density at radius 2 is 2.11 bits per heavy atom. The van der Waals surface area contributed by atoms with Gasteiger partial charge in [0, 0.05) is 31.1 Å². The van der Waals surface area contributed by atoms with Crippen molar-refractivity contribution in [2.75, 3.05) is 6.54 Å². The first kappa shape index (κ1) is 19.5. The summed E-state index contributed by atoms with van der Waals surface area (Å²) < 4.78 is 51.2. The summed E-state index contributed by atoms with van der Waals surface area (Å²) in [4.78, 5) is 12.6. The zero-order valence-corrected chi connectivity index (χ0v) is 15.6. The summed E-state index contributed by atoms with van der Waals surface area (Å²) in [6.07, 6.45) is -3.42. The smallest absolute Gasteiger partial charge is 0.419 e. The average molecular weight is 385 g/mol. The minimum atomic E-state index is -4.48. The molecule has 0 radical (unpaired) electrons. The van der Waals surface area contributed by atoms with Crippen LogP contribution in [-0.2, 0) is 30.8 Å². The van der Waals surface area contributed by atoms with Crippen LogP contribution >= 0.6 is 0 Å². The topological polar surface area (TPSA) is 69.3 Å². The van der Waals surface area contributed by atoms with E-state index in [1.54, 1.807) is 7.05 Å². The third kappa shape index (κ3) is 3.73. The standard InChI is InChI=1S/C18H22F3N3O3/c1-9-7-13-15(11(3)27-9)23-24(4)16(13)17(25)22-6-5-12-10(2)26-8-14(12)18(19,20)21/h8-9,11H,5-7H2,1-4H3,(H,22,25)/t9-,11+/m1/s1. The zero-order chi connectivity index (χ0) is 19.9. The Bertz CT molecular complexity index is 854. The quantitative estimate of drug-likeness (QED) is 0.877.